The second-order valence-electron chi connectivity index (χ2n) is 4.42. The lowest BCUT2D eigenvalue weighted by atomic mass is 10.1. The third-order valence-corrected chi connectivity index (χ3v) is 3.92. The van der Waals surface area contributed by atoms with Crippen LogP contribution in [0.4, 0.5) is 5.95 Å². The summed E-state index contributed by atoms with van der Waals surface area (Å²) in [4.78, 5) is 16.3. The molecular weight excluding hydrogens is 343 g/mol. The molecule has 1 atom stereocenters. The van der Waals surface area contributed by atoms with Crippen molar-refractivity contribution in [2.24, 2.45) is 0 Å². The van der Waals surface area contributed by atoms with E-state index in [4.69, 9.17) is 5.73 Å². The van der Waals surface area contributed by atoms with E-state index in [1.54, 1.807) is 0 Å². The topological polar surface area (TPSA) is 72.9 Å². The van der Waals surface area contributed by atoms with E-state index in [0.717, 1.165) is 34.0 Å². The zero-order chi connectivity index (χ0) is 12.7. The first-order chi connectivity index (χ1) is 8.66. The number of aromatic nitrogens is 2. The van der Waals surface area contributed by atoms with Gasteiger partial charge >= 0.3 is 0 Å². The smallest absolute Gasteiger partial charge is 0.243 e. The van der Waals surface area contributed by atoms with Crippen LogP contribution in [0, 0.1) is 3.57 Å². The number of nitrogens with zero attached hydrogens (tertiary/aromatic N) is 2. The highest BCUT2D eigenvalue weighted by molar-refractivity contribution is 14.1. The molecule has 5 nitrogen and oxygen atoms in total. The van der Waals surface area contributed by atoms with Gasteiger partial charge in [-0.2, -0.15) is 0 Å². The molecule has 3 rings (SSSR count). The largest absolute Gasteiger partial charge is 0.369 e. The van der Waals surface area contributed by atoms with E-state index in [-0.39, 0.29) is 11.9 Å². The fraction of sp³-hybridized carbons (Fsp3) is 0.333. The molecule has 94 valence electrons. The van der Waals surface area contributed by atoms with Gasteiger partial charge in [-0.3, -0.25) is 9.36 Å². The van der Waals surface area contributed by atoms with Gasteiger partial charge in [0.15, 0.2) is 0 Å². The monoisotopic (exact) mass is 356 g/mol. The van der Waals surface area contributed by atoms with E-state index in [9.17, 15) is 4.79 Å². The average molecular weight is 356 g/mol. The van der Waals surface area contributed by atoms with Crippen LogP contribution >= 0.6 is 22.6 Å². The summed E-state index contributed by atoms with van der Waals surface area (Å²) in [7, 11) is 0. The molecule has 2 aromatic rings. The van der Waals surface area contributed by atoms with Crippen molar-refractivity contribution in [2.45, 2.75) is 18.9 Å². The summed E-state index contributed by atoms with van der Waals surface area (Å²) in [5, 5.41) is 2.88. The summed E-state index contributed by atoms with van der Waals surface area (Å²) in [6, 6.07) is 5.72. The summed E-state index contributed by atoms with van der Waals surface area (Å²) in [5.41, 5.74) is 7.74. The highest BCUT2D eigenvalue weighted by atomic mass is 127. The van der Waals surface area contributed by atoms with Gasteiger partial charge in [-0.1, -0.05) is 0 Å². The third-order valence-electron chi connectivity index (χ3n) is 3.25. The zero-order valence-corrected chi connectivity index (χ0v) is 11.8. The van der Waals surface area contributed by atoms with Crippen molar-refractivity contribution in [1.29, 1.82) is 0 Å². The number of hydrogen-bond acceptors (Lipinski definition) is 3. The number of anilines is 1. The van der Waals surface area contributed by atoms with Crippen LogP contribution in [0.1, 0.15) is 18.9 Å². The molecule has 0 aliphatic carbocycles. The molecule has 1 aliphatic rings. The van der Waals surface area contributed by atoms with Gasteiger partial charge in [-0.25, -0.2) is 4.98 Å². The van der Waals surface area contributed by atoms with E-state index in [1.165, 1.54) is 0 Å². The minimum Gasteiger partial charge on any atom is -0.369 e. The minimum atomic E-state index is -0.233. The van der Waals surface area contributed by atoms with Gasteiger partial charge in [-0.15, -0.1) is 0 Å². The number of carbonyl (C=O) groups is 1. The molecular formula is C12H13IN4O. The van der Waals surface area contributed by atoms with Crippen LogP contribution in [-0.2, 0) is 4.79 Å². The van der Waals surface area contributed by atoms with Crippen LogP contribution in [-0.4, -0.2) is 22.0 Å². The lowest BCUT2D eigenvalue weighted by molar-refractivity contribution is -0.125. The Labute approximate surface area is 118 Å². The summed E-state index contributed by atoms with van der Waals surface area (Å²) in [6.07, 6.45) is 1.79. The Hall–Kier alpha value is -1.31. The number of halogens is 1. The fourth-order valence-electron chi connectivity index (χ4n) is 2.42. The molecule has 0 radical (unpaired) electrons. The number of benzene rings is 1. The van der Waals surface area contributed by atoms with E-state index < -0.39 is 0 Å². The third kappa shape index (κ3) is 1.84. The number of carbonyl (C=O) groups excluding carboxylic acids is 1. The standard InChI is InChI=1S/C12H13IN4O/c13-7-3-4-9-8(6-7)16-12(14)17(9)10-2-1-5-15-11(10)18/h3-4,6,10H,1-2,5H2,(H2,14,16)(H,15,18). The van der Waals surface area contributed by atoms with Crippen LogP contribution in [0.5, 0.6) is 0 Å². The van der Waals surface area contributed by atoms with Crippen molar-refractivity contribution in [3.05, 3.63) is 21.8 Å². The number of fused-ring (bicyclic) bond motifs is 1. The molecule has 1 amide bonds. The Morgan fingerprint density at radius 2 is 2.33 bits per heavy atom. The van der Waals surface area contributed by atoms with Gasteiger partial charge in [0.05, 0.1) is 11.0 Å². The predicted molar refractivity (Wildman–Crippen MR) is 78.1 cm³/mol. The van der Waals surface area contributed by atoms with Crippen molar-refractivity contribution < 1.29 is 4.79 Å². The number of piperidine rings is 1. The molecule has 1 aliphatic heterocycles. The molecule has 18 heavy (non-hydrogen) atoms. The van der Waals surface area contributed by atoms with Crippen molar-refractivity contribution >= 4 is 45.5 Å². The molecule has 1 aromatic carbocycles. The van der Waals surface area contributed by atoms with Crippen molar-refractivity contribution in [1.82, 2.24) is 14.9 Å². The summed E-state index contributed by atoms with van der Waals surface area (Å²) < 4.78 is 2.96. The zero-order valence-electron chi connectivity index (χ0n) is 9.69. The average Bonchev–Trinajstić information content (AvgIpc) is 2.65. The fourth-order valence-corrected chi connectivity index (χ4v) is 2.90. The number of nitrogens with one attached hydrogen (secondary N) is 1. The Morgan fingerprint density at radius 3 is 3.11 bits per heavy atom. The maximum atomic E-state index is 11.9. The first-order valence-corrected chi connectivity index (χ1v) is 6.95. The molecule has 6 heteroatoms. The summed E-state index contributed by atoms with van der Waals surface area (Å²) in [6.45, 7) is 0.750. The summed E-state index contributed by atoms with van der Waals surface area (Å²) in [5.74, 6) is 0.444. The molecule has 3 N–H and O–H groups in total. The Kier molecular flexibility index (Phi) is 2.89. The molecule has 1 fully saturated rings. The Bertz CT molecular complexity index is 622. The summed E-state index contributed by atoms with van der Waals surface area (Å²) >= 11 is 2.24. The number of rotatable bonds is 1. The highest BCUT2D eigenvalue weighted by Gasteiger charge is 2.26. The van der Waals surface area contributed by atoms with Gasteiger partial charge < -0.3 is 11.1 Å². The van der Waals surface area contributed by atoms with Crippen LogP contribution < -0.4 is 11.1 Å². The Morgan fingerprint density at radius 1 is 1.50 bits per heavy atom. The number of nitrogens with two attached hydrogens (primary N) is 1. The molecule has 2 heterocycles. The first kappa shape index (κ1) is 11.8. The SMILES string of the molecule is Nc1nc2cc(I)ccc2n1C1CCCNC1=O. The maximum Gasteiger partial charge on any atom is 0.243 e. The van der Waals surface area contributed by atoms with Gasteiger partial charge in [0.1, 0.15) is 6.04 Å². The quantitative estimate of drug-likeness (QED) is 0.764. The molecule has 1 unspecified atom stereocenters. The molecule has 1 saturated heterocycles. The normalized spacial score (nSPS) is 20.1. The van der Waals surface area contributed by atoms with Gasteiger partial charge in [-0.05, 0) is 53.6 Å². The van der Waals surface area contributed by atoms with E-state index in [2.05, 4.69) is 32.9 Å². The number of nitrogen functional groups attached to an aromatic ring is 1. The number of amides is 1. The second-order valence-corrected chi connectivity index (χ2v) is 5.67. The second kappa shape index (κ2) is 4.42. The molecule has 0 spiro atoms. The van der Waals surface area contributed by atoms with Crippen LogP contribution in [0.2, 0.25) is 0 Å². The highest BCUT2D eigenvalue weighted by Crippen LogP contribution is 2.28. The van der Waals surface area contributed by atoms with E-state index >= 15 is 0 Å². The number of hydrogen-bond donors (Lipinski definition) is 2. The van der Waals surface area contributed by atoms with Crippen LogP contribution in [0.25, 0.3) is 11.0 Å². The van der Waals surface area contributed by atoms with Gasteiger partial charge in [0.2, 0.25) is 11.9 Å². The van der Waals surface area contributed by atoms with E-state index in [0.29, 0.717) is 5.95 Å². The lowest BCUT2D eigenvalue weighted by Gasteiger charge is -2.24. The predicted octanol–water partition coefficient (Wildman–Crippen LogP) is 1.67. The van der Waals surface area contributed by atoms with Gasteiger partial charge in [0, 0.05) is 10.1 Å². The van der Waals surface area contributed by atoms with Crippen molar-refractivity contribution in [3.63, 3.8) is 0 Å². The van der Waals surface area contributed by atoms with Gasteiger partial charge in [0.25, 0.3) is 0 Å². The number of imidazole rings is 1. The molecule has 0 bridgehead atoms. The molecule has 1 aromatic heterocycles. The van der Waals surface area contributed by atoms with Crippen LogP contribution in [0.15, 0.2) is 18.2 Å². The first-order valence-electron chi connectivity index (χ1n) is 5.87. The molecule has 0 saturated carbocycles. The minimum absolute atomic E-state index is 0.0331. The maximum absolute atomic E-state index is 11.9. The van der Waals surface area contributed by atoms with Crippen LogP contribution in [0.3, 0.4) is 0 Å². The lowest BCUT2D eigenvalue weighted by Crippen LogP contribution is -2.38. The Balaban J connectivity index is 2.15. The van der Waals surface area contributed by atoms with Crippen molar-refractivity contribution in [3.8, 4) is 0 Å². The van der Waals surface area contributed by atoms with Crippen molar-refractivity contribution in [2.75, 3.05) is 12.3 Å². The van der Waals surface area contributed by atoms with E-state index in [1.807, 2.05) is 22.8 Å².